The van der Waals surface area contributed by atoms with Gasteiger partial charge in [-0.25, -0.2) is 9.18 Å². The molecular weight excluding hydrogens is 485 g/mol. The van der Waals surface area contributed by atoms with Gasteiger partial charge in [0.2, 0.25) is 5.91 Å². The molecule has 0 bridgehead atoms. The Morgan fingerprint density at radius 2 is 1.92 bits per heavy atom. The summed E-state index contributed by atoms with van der Waals surface area (Å²) in [4.78, 5) is 40.3. The maximum absolute atomic E-state index is 14.2. The fourth-order valence-corrected chi connectivity index (χ4v) is 5.67. The fraction of sp³-hybridized carbons (Fsp3) is 0.370. The molecule has 2 aromatic carbocycles. The van der Waals surface area contributed by atoms with Gasteiger partial charge in [0.15, 0.2) is 5.78 Å². The number of aliphatic hydroxyl groups excluding tert-OH is 1. The van der Waals surface area contributed by atoms with Crippen LogP contribution in [0.4, 0.5) is 9.18 Å². The lowest BCUT2D eigenvalue weighted by molar-refractivity contribution is -0.138. The van der Waals surface area contributed by atoms with Gasteiger partial charge in [0.25, 0.3) is 0 Å². The molecule has 1 aliphatic carbocycles. The number of aryl methyl sites for hydroxylation is 1. The average Bonchev–Trinajstić information content (AvgIpc) is 3.36. The number of nitrogens with two attached hydrogens (primary N) is 1. The van der Waals surface area contributed by atoms with Gasteiger partial charge in [0, 0.05) is 30.7 Å². The lowest BCUT2D eigenvalue weighted by Crippen LogP contribution is -2.44. The molecule has 36 heavy (non-hydrogen) atoms. The van der Waals surface area contributed by atoms with Crippen molar-refractivity contribution in [3.8, 4) is 0 Å². The summed E-state index contributed by atoms with van der Waals surface area (Å²) in [6, 6.07) is 9.07. The summed E-state index contributed by atoms with van der Waals surface area (Å²) in [5, 5.41) is 10.00. The number of carbonyl (C=O) groups excluding carboxylic acids is 3. The van der Waals surface area contributed by atoms with E-state index in [1.165, 1.54) is 10.6 Å². The first-order chi connectivity index (χ1) is 17.3. The van der Waals surface area contributed by atoms with Gasteiger partial charge < -0.3 is 15.7 Å². The second kappa shape index (κ2) is 9.67. The lowest BCUT2D eigenvalue weighted by atomic mass is 9.99. The van der Waals surface area contributed by atoms with Crippen LogP contribution in [0.1, 0.15) is 36.0 Å². The van der Waals surface area contributed by atoms with E-state index in [2.05, 4.69) is 0 Å². The van der Waals surface area contributed by atoms with E-state index in [0.717, 1.165) is 17.4 Å². The molecule has 1 saturated heterocycles. The number of hydrogen-bond acceptors (Lipinski definition) is 4. The van der Waals surface area contributed by atoms with E-state index in [-0.39, 0.29) is 48.6 Å². The van der Waals surface area contributed by atoms with E-state index in [9.17, 15) is 23.9 Å². The van der Waals surface area contributed by atoms with Crippen LogP contribution in [0.5, 0.6) is 0 Å². The first-order valence-electron chi connectivity index (χ1n) is 12.1. The Kier molecular flexibility index (Phi) is 6.57. The van der Waals surface area contributed by atoms with E-state index >= 15 is 0 Å². The van der Waals surface area contributed by atoms with Crippen molar-refractivity contribution in [2.45, 2.75) is 50.6 Å². The van der Waals surface area contributed by atoms with Crippen LogP contribution in [0.2, 0.25) is 5.02 Å². The number of hydrogen-bond donors (Lipinski definition) is 2. The number of likely N-dealkylation sites (tertiary alicyclic amines) is 1. The molecule has 2 heterocycles. The van der Waals surface area contributed by atoms with Crippen LogP contribution in [0.3, 0.4) is 0 Å². The van der Waals surface area contributed by atoms with E-state index in [1.807, 2.05) is 12.1 Å². The van der Waals surface area contributed by atoms with Gasteiger partial charge in [0.05, 0.1) is 23.0 Å². The van der Waals surface area contributed by atoms with Gasteiger partial charge in [-0.15, -0.1) is 0 Å². The molecule has 3 atom stereocenters. The molecule has 9 heteroatoms. The van der Waals surface area contributed by atoms with Crippen molar-refractivity contribution in [2.75, 3.05) is 6.61 Å². The summed E-state index contributed by atoms with van der Waals surface area (Å²) < 4.78 is 15.6. The number of piperidine rings is 1. The second-order valence-corrected chi connectivity index (χ2v) is 10.1. The van der Waals surface area contributed by atoms with Crippen molar-refractivity contribution in [3.05, 3.63) is 70.1 Å². The third-order valence-corrected chi connectivity index (χ3v) is 7.66. The smallest absolute Gasteiger partial charge is 0.323 e. The van der Waals surface area contributed by atoms with Crippen LogP contribution in [0, 0.1) is 11.7 Å². The number of nitrogens with zero attached hydrogens (tertiary/aromatic N) is 2. The summed E-state index contributed by atoms with van der Waals surface area (Å²) >= 11 is 5.86. The van der Waals surface area contributed by atoms with Crippen molar-refractivity contribution in [2.24, 2.45) is 11.7 Å². The fourth-order valence-electron chi connectivity index (χ4n) is 5.47. The number of rotatable bonds is 8. The maximum Gasteiger partial charge on any atom is 0.323 e. The number of carbonyl (C=O) groups is 3. The van der Waals surface area contributed by atoms with Crippen molar-refractivity contribution >= 4 is 40.2 Å². The van der Waals surface area contributed by atoms with Crippen molar-refractivity contribution in [1.82, 2.24) is 9.47 Å². The van der Waals surface area contributed by atoms with Crippen LogP contribution in [0.25, 0.3) is 10.9 Å². The minimum Gasteiger partial charge on any atom is -0.396 e. The maximum atomic E-state index is 14.2. The summed E-state index contributed by atoms with van der Waals surface area (Å²) in [7, 11) is 0. The van der Waals surface area contributed by atoms with Crippen molar-refractivity contribution in [1.29, 1.82) is 0 Å². The summed E-state index contributed by atoms with van der Waals surface area (Å²) in [6.07, 6.45) is 3.90. The van der Waals surface area contributed by atoms with Crippen molar-refractivity contribution in [3.63, 3.8) is 0 Å². The molecule has 1 aromatic heterocycles. The number of primary amides is 1. The first kappa shape index (κ1) is 24.5. The topological polar surface area (TPSA) is 106 Å². The molecule has 5 rings (SSSR count). The molecule has 2 amide bonds. The first-order valence-corrected chi connectivity index (χ1v) is 12.5. The monoisotopic (exact) mass is 511 g/mol. The Morgan fingerprint density at radius 1 is 1.11 bits per heavy atom. The number of amides is 2. The second-order valence-electron chi connectivity index (χ2n) is 9.66. The van der Waals surface area contributed by atoms with Gasteiger partial charge in [-0.3, -0.25) is 14.2 Å². The Bertz CT molecular complexity index is 1370. The molecule has 3 N–H and O–H groups in total. The zero-order valence-electron chi connectivity index (χ0n) is 19.6. The van der Waals surface area contributed by atoms with Crippen LogP contribution >= 0.6 is 11.6 Å². The summed E-state index contributed by atoms with van der Waals surface area (Å²) in [6.45, 7) is -0.0228. The van der Waals surface area contributed by atoms with Crippen LogP contribution in [-0.4, -0.2) is 51.0 Å². The molecule has 1 saturated carbocycles. The van der Waals surface area contributed by atoms with Gasteiger partial charge >= 0.3 is 6.03 Å². The minimum atomic E-state index is -0.662. The molecule has 1 aliphatic heterocycles. The van der Waals surface area contributed by atoms with Crippen LogP contribution in [0.15, 0.2) is 42.6 Å². The molecule has 0 spiro atoms. The predicted octanol–water partition coefficient (Wildman–Crippen LogP) is 3.63. The molecule has 2 aliphatic rings. The molecule has 0 radical (unpaired) electrons. The molecule has 3 aromatic rings. The number of ketones is 1. The summed E-state index contributed by atoms with van der Waals surface area (Å²) in [5.41, 5.74) is 8.03. The number of halogens is 2. The van der Waals surface area contributed by atoms with E-state index in [4.69, 9.17) is 17.3 Å². The minimum absolute atomic E-state index is 0.0228. The standard InChI is InChI=1S/C27H27ClFN3O4/c28-20-3-1-2-16(26(20)29)5-7-24(34)23-12-17-11-21(17)32(23)25(35)13-18-14-31(27(30)36)22-10-15(8-9-33)4-6-19(18)22/h1-4,6,10,14,17,21,23,33H,5,7-9,11-13H2,(H2,30,36)/t17-,21-,23+/m1/s1. The molecule has 7 nitrogen and oxygen atoms in total. The summed E-state index contributed by atoms with van der Waals surface area (Å²) in [5.74, 6) is -0.445. The van der Waals surface area contributed by atoms with Gasteiger partial charge in [-0.05, 0) is 60.4 Å². The number of benzene rings is 2. The SMILES string of the molecule is NC(=O)n1cc(CC(=O)N2[C@@H]3C[C@@H]3C[C@H]2C(=O)CCc2cccc(Cl)c2F)c2ccc(CCO)cc21. The van der Waals surface area contributed by atoms with E-state index in [0.29, 0.717) is 35.4 Å². The van der Waals surface area contributed by atoms with Gasteiger partial charge in [-0.2, -0.15) is 0 Å². The van der Waals surface area contributed by atoms with E-state index in [1.54, 1.807) is 29.3 Å². The zero-order chi connectivity index (χ0) is 25.6. The quantitative estimate of drug-likeness (QED) is 0.481. The highest BCUT2D eigenvalue weighted by atomic mass is 35.5. The number of fused-ring (bicyclic) bond motifs is 2. The zero-order valence-corrected chi connectivity index (χ0v) is 20.4. The normalized spacial score (nSPS) is 20.5. The third-order valence-electron chi connectivity index (χ3n) is 7.37. The highest BCUT2D eigenvalue weighted by Gasteiger charge is 2.55. The van der Waals surface area contributed by atoms with Crippen molar-refractivity contribution < 1.29 is 23.9 Å². The molecule has 188 valence electrons. The number of aliphatic hydroxyl groups is 1. The predicted molar refractivity (Wildman–Crippen MR) is 133 cm³/mol. The Morgan fingerprint density at radius 3 is 2.67 bits per heavy atom. The Hall–Kier alpha value is -3.23. The lowest BCUT2D eigenvalue weighted by Gasteiger charge is -2.27. The van der Waals surface area contributed by atoms with Crippen LogP contribution < -0.4 is 5.73 Å². The largest absolute Gasteiger partial charge is 0.396 e. The highest BCUT2D eigenvalue weighted by molar-refractivity contribution is 6.30. The Labute approximate surface area is 212 Å². The Balaban J connectivity index is 1.34. The van der Waals surface area contributed by atoms with E-state index < -0.39 is 17.9 Å². The number of Topliss-reactive ketones (excluding diaryl/α,β-unsaturated/α-hetero) is 1. The molecule has 0 unspecified atom stereocenters. The van der Waals surface area contributed by atoms with Gasteiger partial charge in [0.1, 0.15) is 5.82 Å². The third kappa shape index (κ3) is 4.51. The average molecular weight is 512 g/mol. The highest BCUT2D eigenvalue weighted by Crippen LogP contribution is 2.48. The molecular formula is C27H27ClFN3O4. The van der Waals surface area contributed by atoms with Crippen LogP contribution in [-0.2, 0) is 28.9 Å². The molecule has 2 fully saturated rings. The van der Waals surface area contributed by atoms with Gasteiger partial charge in [-0.1, -0.05) is 35.9 Å². The number of aromatic nitrogens is 1.